The lowest BCUT2D eigenvalue weighted by atomic mass is 10.2. The van der Waals surface area contributed by atoms with Gasteiger partial charge in [0.25, 0.3) is 0 Å². The fraction of sp³-hybridized carbons (Fsp3) is 0.174. The molecule has 0 spiro atoms. The lowest BCUT2D eigenvalue weighted by Crippen LogP contribution is -2.10. The lowest BCUT2D eigenvalue weighted by Gasteiger charge is -2.14. The molecule has 3 aromatic carbocycles. The van der Waals surface area contributed by atoms with Crippen molar-refractivity contribution >= 4 is 6.29 Å². The summed E-state index contributed by atoms with van der Waals surface area (Å²) in [4.78, 5) is 11.1. The van der Waals surface area contributed by atoms with Crippen LogP contribution in [0.2, 0.25) is 0 Å². The molecule has 0 aliphatic heterocycles. The Hall–Kier alpha value is -3.27. The highest BCUT2D eigenvalue weighted by atomic mass is 16.5. The molecule has 4 nitrogen and oxygen atoms in total. The van der Waals surface area contributed by atoms with Crippen LogP contribution in [0.1, 0.15) is 15.9 Å². The van der Waals surface area contributed by atoms with Crippen molar-refractivity contribution in [2.45, 2.75) is 6.42 Å². The highest BCUT2D eigenvalue weighted by Crippen LogP contribution is 2.28. The van der Waals surface area contributed by atoms with Gasteiger partial charge in [-0.25, -0.2) is 0 Å². The molecule has 0 aliphatic rings. The maximum atomic E-state index is 11.1. The number of hydrogen-bond acceptors (Lipinski definition) is 4. The Labute approximate surface area is 159 Å². The molecule has 0 fully saturated rings. The summed E-state index contributed by atoms with van der Waals surface area (Å²) in [7, 11) is 0. The first-order valence-electron chi connectivity index (χ1n) is 8.92. The second-order valence-corrected chi connectivity index (χ2v) is 5.92. The third-order valence-electron chi connectivity index (χ3n) is 3.95. The fourth-order valence-corrected chi connectivity index (χ4v) is 2.58. The SMILES string of the molecule is O=Cc1ccc(OCCc2ccccc2)c(OCCOc2ccccc2)c1. The van der Waals surface area contributed by atoms with E-state index in [1.807, 2.05) is 48.5 Å². The van der Waals surface area contributed by atoms with E-state index in [2.05, 4.69) is 12.1 Å². The summed E-state index contributed by atoms with van der Waals surface area (Å²) >= 11 is 0. The van der Waals surface area contributed by atoms with Gasteiger partial charge in [0.15, 0.2) is 11.5 Å². The van der Waals surface area contributed by atoms with Crippen LogP contribution < -0.4 is 14.2 Å². The molecule has 0 heterocycles. The fourth-order valence-electron chi connectivity index (χ4n) is 2.58. The molecule has 0 radical (unpaired) electrons. The number of para-hydroxylation sites is 1. The van der Waals surface area contributed by atoms with Gasteiger partial charge in [-0.2, -0.15) is 0 Å². The number of benzene rings is 3. The van der Waals surface area contributed by atoms with E-state index in [1.165, 1.54) is 5.56 Å². The van der Waals surface area contributed by atoms with Crippen molar-refractivity contribution in [2.75, 3.05) is 19.8 Å². The zero-order valence-corrected chi connectivity index (χ0v) is 15.0. The quantitative estimate of drug-likeness (QED) is 0.391. The smallest absolute Gasteiger partial charge is 0.162 e. The molecule has 0 saturated heterocycles. The van der Waals surface area contributed by atoms with Crippen LogP contribution in [0.25, 0.3) is 0 Å². The Morgan fingerprint density at radius 3 is 2.07 bits per heavy atom. The molecule has 3 aromatic rings. The Morgan fingerprint density at radius 2 is 1.33 bits per heavy atom. The standard InChI is InChI=1S/C23H22O4/c24-18-20-11-12-22(26-14-13-19-7-3-1-4-8-19)23(17-20)27-16-15-25-21-9-5-2-6-10-21/h1-12,17-18H,13-16H2. The van der Waals surface area contributed by atoms with Crippen LogP contribution in [0, 0.1) is 0 Å². The van der Waals surface area contributed by atoms with E-state index in [9.17, 15) is 4.79 Å². The molecular weight excluding hydrogens is 340 g/mol. The van der Waals surface area contributed by atoms with Crippen LogP contribution in [-0.2, 0) is 6.42 Å². The van der Waals surface area contributed by atoms with Gasteiger partial charge in [0.1, 0.15) is 25.2 Å². The maximum Gasteiger partial charge on any atom is 0.162 e. The molecule has 4 heteroatoms. The van der Waals surface area contributed by atoms with Gasteiger partial charge in [0, 0.05) is 12.0 Å². The number of carbonyl (C=O) groups is 1. The first-order chi connectivity index (χ1) is 13.3. The molecule has 0 N–H and O–H groups in total. The van der Waals surface area contributed by atoms with Crippen LogP contribution in [0.3, 0.4) is 0 Å². The topological polar surface area (TPSA) is 44.8 Å². The molecule has 0 amide bonds. The summed E-state index contributed by atoms with van der Waals surface area (Å²) in [6, 6.07) is 24.9. The van der Waals surface area contributed by atoms with Gasteiger partial charge in [-0.3, -0.25) is 4.79 Å². The van der Waals surface area contributed by atoms with Crippen LogP contribution in [0.5, 0.6) is 17.2 Å². The van der Waals surface area contributed by atoms with Crippen molar-refractivity contribution in [2.24, 2.45) is 0 Å². The summed E-state index contributed by atoms with van der Waals surface area (Å²) in [5.41, 5.74) is 1.75. The van der Waals surface area contributed by atoms with Crippen molar-refractivity contribution in [1.29, 1.82) is 0 Å². The van der Waals surface area contributed by atoms with E-state index in [0.717, 1.165) is 18.5 Å². The molecule has 0 saturated carbocycles. The summed E-state index contributed by atoms with van der Waals surface area (Å²) < 4.78 is 17.3. The van der Waals surface area contributed by atoms with E-state index in [0.29, 0.717) is 36.9 Å². The van der Waals surface area contributed by atoms with Crippen molar-refractivity contribution < 1.29 is 19.0 Å². The van der Waals surface area contributed by atoms with Crippen molar-refractivity contribution in [1.82, 2.24) is 0 Å². The average molecular weight is 362 g/mol. The first kappa shape index (κ1) is 18.5. The Kier molecular flexibility index (Phi) is 6.87. The molecule has 3 rings (SSSR count). The summed E-state index contributed by atoms with van der Waals surface area (Å²) in [6.45, 7) is 1.28. The predicted octanol–water partition coefficient (Wildman–Crippen LogP) is 4.58. The zero-order valence-electron chi connectivity index (χ0n) is 15.0. The molecule has 27 heavy (non-hydrogen) atoms. The Balaban J connectivity index is 1.54. The Morgan fingerprint density at radius 1 is 0.667 bits per heavy atom. The molecule has 0 aliphatic carbocycles. The normalized spacial score (nSPS) is 10.2. The van der Waals surface area contributed by atoms with E-state index < -0.39 is 0 Å². The third kappa shape index (κ3) is 5.89. The van der Waals surface area contributed by atoms with Crippen LogP contribution in [0.15, 0.2) is 78.9 Å². The highest BCUT2D eigenvalue weighted by molar-refractivity contribution is 5.76. The lowest BCUT2D eigenvalue weighted by molar-refractivity contribution is 0.112. The van der Waals surface area contributed by atoms with Gasteiger partial charge in [-0.1, -0.05) is 48.5 Å². The van der Waals surface area contributed by atoms with Crippen LogP contribution in [0.4, 0.5) is 0 Å². The second-order valence-electron chi connectivity index (χ2n) is 5.92. The monoisotopic (exact) mass is 362 g/mol. The average Bonchev–Trinajstić information content (AvgIpc) is 2.73. The molecule has 0 bridgehead atoms. The largest absolute Gasteiger partial charge is 0.490 e. The van der Waals surface area contributed by atoms with Gasteiger partial charge in [-0.15, -0.1) is 0 Å². The van der Waals surface area contributed by atoms with Crippen molar-refractivity contribution in [3.63, 3.8) is 0 Å². The minimum Gasteiger partial charge on any atom is -0.490 e. The second kappa shape index (κ2) is 10.0. The number of hydrogen-bond donors (Lipinski definition) is 0. The molecule has 0 atom stereocenters. The van der Waals surface area contributed by atoms with Gasteiger partial charge >= 0.3 is 0 Å². The Bertz CT molecular complexity index is 832. The molecule has 0 unspecified atom stereocenters. The van der Waals surface area contributed by atoms with Gasteiger partial charge in [-0.05, 0) is 35.9 Å². The van der Waals surface area contributed by atoms with E-state index >= 15 is 0 Å². The summed E-state index contributed by atoms with van der Waals surface area (Å²) in [5, 5.41) is 0. The van der Waals surface area contributed by atoms with Crippen molar-refractivity contribution in [3.8, 4) is 17.2 Å². The minimum atomic E-state index is 0.353. The van der Waals surface area contributed by atoms with Crippen LogP contribution in [-0.4, -0.2) is 26.1 Å². The van der Waals surface area contributed by atoms with Gasteiger partial charge < -0.3 is 14.2 Å². The van der Waals surface area contributed by atoms with E-state index in [1.54, 1.807) is 18.2 Å². The molecular formula is C23H22O4. The molecule has 0 aromatic heterocycles. The first-order valence-corrected chi connectivity index (χ1v) is 8.92. The molecule has 138 valence electrons. The van der Waals surface area contributed by atoms with E-state index in [-0.39, 0.29) is 0 Å². The number of ether oxygens (including phenoxy) is 3. The maximum absolute atomic E-state index is 11.1. The number of rotatable bonds is 10. The highest BCUT2D eigenvalue weighted by Gasteiger charge is 2.07. The number of aldehydes is 1. The number of carbonyl (C=O) groups excluding carboxylic acids is 1. The van der Waals surface area contributed by atoms with Gasteiger partial charge in [0.2, 0.25) is 0 Å². The van der Waals surface area contributed by atoms with E-state index in [4.69, 9.17) is 14.2 Å². The van der Waals surface area contributed by atoms with Crippen molar-refractivity contribution in [3.05, 3.63) is 90.0 Å². The predicted molar refractivity (Wildman–Crippen MR) is 105 cm³/mol. The van der Waals surface area contributed by atoms with Crippen LogP contribution >= 0.6 is 0 Å². The third-order valence-corrected chi connectivity index (χ3v) is 3.95. The summed E-state index contributed by atoms with van der Waals surface area (Å²) in [5.74, 6) is 1.96. The van der Waals surface area contributed by atoms with Gasteiger partial charge in [0.05, 0.1) is 6.61 Å². The summed E-state index contributed by atoms with van der Waals surface area (Å²) in [6.07, 6.45) is 1.59. The zero-order chi connectivity index (χ0) is 18.7. The minimum absolute atomic E-state index is 0.353.